The molecule has 0 saturated carbocycles. The van der Waals surface area contributed by atoms with Crippen LogP contribution >= 0.6 is 0 Å². The van der Waals surface area contributed by atoms with E-state index >= 15 is 0 Å². The molecule has 2 atom stereocenters. The molecule has 3 aromatic rings. The van der Waals surface area contributed by atoms with Crippen molar-refractivity contribution >= 4 is 5.71 Å². The van der Waals surface area contributed by atoms with Crippen molar-refractivity contribution in [2.75, 3.05) is 13.2 Å². The summed E-state index contributed by atoms with van der Waals surface area (Å²) < 4.78 is 23.6. The first-order chi connectivity index (χ1) is 14.8. The summed E-state index contributed by atoms with van der Waals surface area (Å²) in [7, 11) is 0. The number of fused-ring (bicyclic) bond motifs is 3. The van der Waals surface area contributed by atoms with Crippen LogP contribution in [-0.2, 0) is 0 Å². The second-order valence-electron chi connectivity index (χ2n) is 7.20. The highest BCUT2D eigenvalue weighted by atomic mass is 16.5. The van der Waals surface area contributed by atoms with Crippen molar-refractivity contribution < 1.29 is 18.6 Å². The van der Waals surface area contributed by atoms with E-state index in [1.807, 2.05) is 67.4 Å². The zero-order valence-electron chi connectivity index (χ0n) is 17.1. The standard InChI is InChI=1S/C24H24N2O4/c1-3-27-17-12-10-16(11-13-17)24-26-20(15-19(25-26)21-9-6-14-29-21)18-7-5-8-22(28-4-2)23(18)30-24/h5-14,20,24H,3-4,15H2,1-2H3. The van der Waals surface area contributed by atoms with Crippen molar-refractivity contribution in [3.05, 3.63) is 77.7 Å². The van der Waals surface area contributed by atoms with E-state index in [1.54, 1.807) is 6.26 Å². The fraction of sp³-hybridized carbons (Fsp3) is 0.292. The smallest absolute Gasteiger partial charge is 0.214 e. The number of para-hydroxylation sites is 1. The third kappa shape index (κ3) is 3.18. The van der Waals surface area contributed by atoms with Crippen molar-refractivity contribution in [3.63, 3.8) is 0 Å². The van der Waals surface area contributed by atoms with E-state index in [0.29, 0.717) is 13.2 Å². The zero-order valence-corrected chi connectivity index (χ0v) is 17.1. The lowest BCUT2D eigenvalue weighted by atomic mass is 9.97. The van der Waals surface area contributed by atoms with E-state index in [4.69, 9.17) is 23.7 Å². The van der Waals surface area contributed by atoms with Gasteiger partial charge in [-0.25, -0.2) is 5.01 Å². The van der Waals surface area contributed by atoms with E-state index in [2.05, 4.69) is 6.07 Å². The van der Waals surface area contributed by atoms with Crippen LogP contribution in [0.4, 0.5) is 0 Å². The van der Waals surface area contributed by atoms with Gasteiger partial charge in [-0.15, -0.1) is 0 Å². The van der Waals surface area contributed by atoms with Gasteiger partial charge in [-0.05, 0) is 56.3 Å². The van der Waals surface area contributed by atoms with Crippen LogP contribution in [0.15, 0.2) is 70.4 Å². The van der Waals surface area contributed by atoms with Crippen molar-refractivity contribution in [3.8, 4) is 17.2 Å². The Labute approximate surface area is 175 Å². The molecule has 2 aliphatic heterocycles. The first kappa shape index (κ1) is 18.6. The van der Waals surface area contributed by atoms with Crippen molar-refractivity contribution in [1.82, 2.24) is 5.01 Å². The minimum absolute atomic E-state index is 0.0471. The monoisotopic (exact) mass is 404 g/mol. The average Bonchev–Trinajstić information content (AvgIpc) is 3.45. The number of benzene rings is 2. The maximum atomic E-state index is 6.50. The van der Waals surface area contributed by atoms with E-state index in [1.165, 1.54) is 0 Å². The molecule has 6 heteroatoms. The molecule has 0 spiro atoms. The van der Waals surface area contributed by atoms with Gasteiger partial charge >= 0.3 is 0 Å². The van der Waals surface area contributed by atoms with Crippen molar-refractivity contribution in [2.45, 2.75) is 32.5 Å². The number of ether oxygens (including phenoxy) is 3. The third-order valence-electron chi connectivity index (χ3n) is 5.36. The zero-order chi connectivity index (χ0) is 20.5. The highest BCUT2D eigenvalue weighted by Crippen LogP contribution is 2.50. The molecule has 0 amide bonds. The summed E-state index contributed by atoms with van der Waals surface area (Å²) in [6, 6.07) is 17.9. The molecule has 6 nitrogen and oxygen atoms in total. The number of rotatable bonds is 6. The second kappa shape index (κ2) is 7.78. The highest BCUT2D eigenvalue weighted by Gasteiger charge is 2.42. The first-order valence-electron chi connectivity index (χ1n) is 10.3. The largest absolute Gasteiger partial charge is 0.494 e. The summed E-state index contributed by atoms with van der Waals surface area (Å²) in [4.78, 5) is 0. The summed E-state index contributed by atoms with van der Waals surface area (Å²) in [5.74, 6) is 3.18. The van der Waals surface area contributed by atoms with Crippen LogP contribution in [0, 0.1) is 0 Å². The molecule has 0 fully saturated rings. The summed E-state index contributed by atoms with van der Waals surface area (Å²) in [5.41, 5.74) is 3.00. The quantitative estimate of drug-likeness (QED) is 0.557. The Bertz CT molecular complexity index is 1040. The molecule has 1 aromatic heterocycles. The van der Waals surface area contributed by atoms with Crippen LogP contribution < -0.4 is 14.2 Å². The lowest BCUT2D eigenvalue weighted by molar-refractivity contribution is -0.0212. The van der Waals surface area contributed by atoms with Gasteiger partial charge in [0.1, 0.15) is 17.2 Å². The van der Waals surface area contributed by atoms with Crippen LogP contribution in [0.5, 0.6) is 17.2 Å². The molecule has 0 aliphatic carbocycles. The van der Waals surface area contributed by atoms with Crippen LogP contribution in [0.3, 0.4) is 0 Å². The molecule has 0 bridgehead atoms. The summed E-state index contributed by atoms with van der Waals surface area (Å²) in [6.45, 7) is 5.17. The fourth-order valence-corrected chi connectivity index (χ4v) is 4.06. The molecule has 5 rings (SSSR count). The second-order valence-corrected chi connectivity index (χ2v) is 7.20. The Hall–Kier alpha value is -3.41. The third-order valence-corrected chi connectivity index (χ3v) is 5.36. The van der Waals surface area contributed by atoms with E-state index in [-0.39, 0.29) is 12.3 Å². The molecule has 154 valence electrons. The van der Waals surface area contributed by atoms with Gasteiger partial charge in [0.25, 0.3) is 0 Å². The van der Waals surface area contributed by atoms with Gasteiger partial charge in [0.15, 0.2) is 11.5 Å². The number of hydrogen-bond donors (Lipinski definition) is 0. The Morgan fingerprint density at radius 2 is 1.83 bits per heavy atom. The number of hydrogen-bond acceptors (Lipinski definition) is 6. The molecule has 0 N–H and O–H groups in total. The first-order valence-corrected chi connectivity index (χ1v) is 10.3. The Kier molecular flexibility index (Phi) is 4.83. The van der Waals surface area contributed by atoms with Gasteiger partial charge in [0, 0.05) is 17.5 Å². The van der Waals surface area contributed by atoms with Crippen LogP contribution in [0.25, 0.3) is 0 Å². The van der Waals surface area contributed by atoms with E-state index in [9.17, 15) is 0 Å². The van der Waals surface area contributed by atoms with Gasteiger partial charge in [0.2, 0.25) is 6.23 Å². The van der Waals surface area contributed by atoms with Crippen LogP contribution in [0.2, 0.25) is 0 Å². The van der Waals surface area contributed by atoms with Gasteiger partial charge in [-0.2, -0.15) is 5.10 Å². The topological polar surface area (TPSA) is 56.4 Å². The van der Waals surface area contributed by atoms with E-state index in [0.717, 1.165) is 46.3 Å². The Balaban J connectivity index is 1.57. The molecular weight excluding hydrogens is 380 g/mol. The lowest BCUT2D eigenvalue weighted by Gasteiger charge is -2.38. The Morgan fingerprint density at radius 3 is 2.57 bits per heavy atom. The highest BCUT2D eigenvalue weighted by molar-refractivity contribution is 5.99. The van der Waals surface area contributed by atoms with Gasteiger partial charge in [-0.3, -0.25) is 0 Å². The van der Waals surface area contributed by atoms with Crippen molar-refractivity contribution in [2.24, 2.45) is 5.10 Å². The normalized spacial score (nSPS) is 19.5. The summed E-state index contributed by atoms with van der Waals surface area (Å²) in [5, 5.41) is 6.94. The number of hydrazone groups is 1. The molecule has 3 heterocycles. The molecule has 2 unspecified atom stereocenters. The molecule has 0 saturated heterocycles. The summed E-state index contributed by atoms with van der Waals surface area (Å²) >= 11 is 0. The molecule has 0 radical (unpaired) electrons. The molecular formula is C24H24N2O4. The van der Waals surface area contributed by atoms with Gasteiger partial charge < -0.3 is 18.6 Å². The minimum Gasteiger partial charge on any atom is -0.494 e. The molecule has 2 aromatic carbocycles. The SMILES string of the molecule is CCOc1ccc(C2Oc3c(OCC)cccc3C3CC(c4ccco4)=NN32)cc1. The maximum Gasteiger partial charge on any atom is 0.214 e. The van der Waals surface area contributed by atoms with E-state index < -0.39 is 0 Å². The molecule has 30 heavy (non-hydrogen) atoms. The van der Waals surface area contributed by atoms with Crippen LogP contribution in [0.1, 0.15) is 49.4 Å². The van der Waals surface area contributed by atoms with Crippen LogP contribution in [-0.4, -0.2) is 23.9 Å². The maximum absolute atomic E-state index is 6.50. The number of furan rings is 1. The van der Waals surface area contributed by atoms with Crippen molar-refractivity contribution in [1.29, 1.82) is 0 Å². The predicted molar refractivity (Wildman–Crippen MR) is 113 cm³/mol. The average molecular weight is 404 g/mol. The Morgan fingerprint density at radius 1 is 1.00 bits per heavy atom. The summed E-state index contributed by atoms with van der Waals surface area (Å²) in [6.07, 6.45) is 2.05. The predicted octanol–water partition coefficient (Wildman–Crippen LogP) is 5.32. The lowest BCUT2D eigenvalue weighted by Crippen LogP contribution is -2.33. The van der Waals surface area contributed by atoms with Gasteiger partial charge in [0.05, 0.1) is 25.5 Å². The van der Waals surface area contributed by atoms with Gasteiger partial charge in [-0.1, -0.05) is 12.1 Å². The minimum atomic E-state index is -0.368. The molecule has 2 aliphatic rings. The fourth-order valence-electron chi connectivity index (χ4n) is 4.06. The number of nitrogens with zero attached hydrogens (tertiary/aromatic N) is 2.